The molecule has 1 aromatic rings. The summed E-state index contributed by atoms with van der Waals surface area (Å²) >= 11 is 0. The summed E-state index contributed by atoms with van der Waals surface area (Å²) in [6, 6.07) is 2.79. The molecule has 2 N–H and O–H groups in total. The highest BCUT2D eigenvalue weighted by Gasteiger charge is 2.24. The monoisotopic (exact) mass is 284 g/mol. The quantitative estimate of drug-likeness (QED) is 0.902. The average Bonchev–Trinajstić information content (AvgIpc) is 2.40. The van der Waals surface area contributed by atoms with E-state index in [-0.39, 0.29) is 5.69 Å². The van der Waals surface area contributed by atoms with Crippen molar-refractivity contribution in [3.8, 4) is 0 Å². The summed E-state index contributed by atoms with van der Waals surface area (Å²) in [6.07, 6.45) is 2.29. The van der Waals surface area contributed by atoms with Gasteiger partial charge in [-0.05, 0) is 49.4 Å². The van der Waals surface area contributed by atoms with Crippen LogP contribution in [0.5, 0.6) is 0 Å². The maximum Gasteiger partial charge on any atom is 0.149 e. The highest BCUT2D eigenvalue weighted by molar-refractivity contribution is 5.51. The van der Waals surface area contributed by atoms with E-state index in [0.717, 1.165) is 12.8 Å². The van der Waals surface area contributed by atoms with Crippen molar-refractivity contribution in [2.75, 3.05) is 38.3 Å². The van der Waals surface area contributed by atoms with Gasteiger partial charge in [0.05, 0.1) is 0 Å². The van der Waals surface area contributed by atoms with Gasteiger partial charge in [-0.2, -0.15) is 0 Å². The number of anilines is 1. The van der Waals surface area contributed by atoms with Gasteiger partial charge in [-0.3, -0.25) is 0 Å². The zero-order valence-corrected chi connectivity index (χ0v) is 11.9. The number of nitrogens with zero attached hydrogens (tertiary/aromatic N) is 1. The molecule has 0 amide bonds. The first kappa shape index (κ1) is 15.2. The zero-order chi connectivity index (χ0) is 14.5. The second-order valence-electron chi connectivity index (χ2n) is 5.33. The molecule has 1 heterocycles. The number of benzene rings is 1. The minimum absolute atomic E-state index is 0.0987. The highest BCUT2D eigenvalue weighted by Crippen LogP contribution is 2.29. The van der Waals surface area contributed by atoms with Crippen LogP contribution in [0.3, 0.4) is 0 Å². The predicted octanol–water partition coefficient (Wildman–Crippen LogP) is 2.33. The van der Waals surface area contributed by atoms with Crippen LogP contribution in [0, 0.1) is 17.6 Å². The first-order valence-electron chi connectivity index (χ1n) is 7.07. The van der Waals surface area contributed by atoms with Gasteiger partial charge in [0.1, 0.15) is 17.3 Å². The van der Waals surface area contributed by atoms with Crippen LogP contribution in [0.2, 0.25) is 0 Å². The van der Waals surface area contributed by atoms with Gasteiger partial charge in [-0.15, -0.1) is 0 Å². The number of nitrogens with two attached hydrogens (primary N) is 1. The van der Waals surface area contributed by atoms with Crippen molar-refractivity contribution in [3.05, 3.63) is 29.3 Å². The van der Waals surface area contributed by atoms with Crippen LogP contribution in [0.25, 0.3) is 0 Å². The average molecular weight is 284 g/mol. The maximum absolute atomic E-state index is 14.1. The Morgan fingerprint density at radius 3 is 2.35 bits per heavy atom. The molecule has 0 spiro atoms. The second kappa shape index (κ2) is 6.99. The van der Waals surface area contributed by atoms with E-state index >= 15 is 0 Å². The number of hydrogen-bond acceptors (Lipinski definition) is 3. The smallest absolute Gasteiger partial charge is 0.149 e. The number of halogens is 2. The molecule has 1 fully saturated rings. The van der Waals surface area contributed by atoms with Crippen LogP contribution in [0.4, 0.5) is 14.5 Å². The van der Waals surface area contributed by atoms with Crippen molar-refractivity contribution in [2.24, 2.45) is 11.7 Å². The number of methoxy groups -OCH3 is 1. The van der Waals surface area contributed by atoms with E-state index < -0.39 is 11.6 Å². The first-order valence-corrected chi connectivity index (χ1v) is 7.07. The summed E-state index contributed by atoms with van der Waals surface area (Å²) in [5.41, 5.74) is 6.13. The molecule has 0 saturated carbocycles. The van der Waals surface area contributed by atoms with E-state index in [4.69, 9.17) is 10.5 Å². The summed E-state index contributed by atoms with van der Waals surface area (Å²) < 4.78 is 33.4. The summed E-state index contributed by atoms with van der Waals surface area (Å²) in [5.74, 6) is -0.490. The number of ether oxygens (including phenoxy) is 1. The molecule has 2 rings (SSSR count). The van der Waals surface area contributed by atoms with Gasteiger partial charge in [0.15, 0.2) is 0 Å². The van der Waals surface area contributed by atoms with Crippen LogP contribution in [0.1, 0.15) is 18.4 Å². The molecule has 0 aliphatic carbocycles. The van der Waals surface area contributed by atoms with Crippen molar-refractivity contribution in [2.45, 2.75) is 19.3 Å². The SMILES string of the molecule is COCC1CCN(c2c(F)cc(CCN)cc2F)CC1. The highest BCUT2D eigenvalue weighted by atomic mass is 19.1. The van der Waals surface area contributed by atoms with Crippen molar-refractivity contribution >= 4 is 5.69 Å². The first-order chi connectivity index (χ1) is 9.65. The third-order valence-corrected chi connectivity index (χ3v) is 3.84. The molecule has 1 aromatic carbocycles. The summed E-state index contributed by atoms with van der Waals surface area (Å²) in [6.45, 7) is 2.44. The van der Waals surface area contributed by atoms with Crippen LogP contribution >= 0.6 is 0 Å². The molecule has 112 valence electrons. The van der Waals surface area contributed by atoms with Crippen molar-refractivity contribution in [1.82, 2.24) is 0 Å². The van der Waals surface area contributed by atoms with E-state index in [9.17, 15) is 8.78 Å². The third-order valence-electron chi connectivity index (χ3n) is 3.84. The molecule has 0 radical (unpaired) electrons. The lowest BCUT2D eigenvalue weighted by Crippen LogP contribution is -2.36. The largest absolute Gasteiger partial charge is 0.384 e. The Hall–Kier alpha value is -1.20. The Labute approximate surface area is 118 Å². The molecule has 3 nitrogen and oxygen atoms in total. The number of hydrogen-bond donors (Lipinski definition) is 1. The molecule has 0 aromatic heterocycles. The van der Waals surface area contributed by atoms with Gasteiger partial charge in [-0.1, -0.05) is 0 Å². The normalized spacial score (nSPS) is 16.7. The molecule has 0 bridgehead atoms. The Morgan fingerprint density at radius 2 is 1.85 bits per heavy atom. The minimum Gasteiger partial charge on any atom is -0.384 e. The molecular weight excluding hydrogens is 262 g/mol. The minimum atomic E-state index is -0.487. The fourth-order valence-electron chi connectivity index (χ4n) is 2.79. The lowest BCUT2D eigenvalue weighted by Gasteiger charge is -2.33. The molecule has 1 saturated heterocycles. The van der Waals surface area contributed by atoms with Gasteiger partial charge in [-0.25, -0.2) is 8.78 Å². The topological polar surface area (TPSA) is 38.5 Å². The van der Waals surface area contributed by atoms with Gasteiger partial charge in [0, 0.05) is 26.8 Å². The van der Waals surface area contributed by atoms with E-state index in [1.54, 1.807) is 12.0 Å². The van der Waals surface area contributed by atoms with E-state index in [0.29, 0.717) is 44.1 Å². The van der Waals surface area contributed by atoms with E-state index in [1.807, 2.05) is 0 Å². The maximum atomic E-state index is 14.1. The molecule has 5 heteroatoms. The standard InChI is InChI=1S/C15H22F2N2O/c1-20-10-11-3-6-19(7-4-11)15-13(16)8-12(2-5-18)9-14(15)17/h8-9,11H,2-7,10,18H2,1H3. The third kappa shape index (κ3) is 3.46. The lowest BCUT2D eigenvalue weighted by molar-refractivity contribution is 0.139. The Kier molecular flexibility index (Phi) is 5.31. The van der Waals surface area contributed by atoms with Crippen molar-refractivity contribution in [1.29, 1.82) is 0 Å². The van der Waals surface area contributed by atoms with Crippen LogP contribution in [0.15, 0.2) is 12.1 Å². The van der Waals surface area contributed by atoms with Gasteiger partial charge in [0.25, 0.3) is 0 Å². The molecular formula is C15H22F2N2O. The lowest BCUT2D eigenvalue weighted by atomic mass is 9.97. The molecule has 0 unspecified atom stereocenters. The van der Waals surface area contributed by atoms with E-state index in [1.165, 1.54) is 12.1 Å². The summed E-state index contributed by atoms with van der Waals surface area (Å²) in [5, 5.41) is 0. The Balaban J connectivity index is 2.10. The number of rotatable bonds is 5. The second-order valence-corrected chi connectivity index (χ2v) is 5.33. The zero-order valence-electron chi connectivity index (χ0n) is 11.9. The molecule has 0 atom stereocenters. The molecule has 1 aliphatic heterocycles. The summed E-state index contributed by atoms with van der Waals surface area (Å²) in [4.78, 5) is 1.79. The summed E-state index contributed by atoms with van der Waals surface area (Å²) in [7, 11) is 1.68. The fraction of sp³-hybridized carbons (Fsp3) is 0.600. The predicted molar refractivity (Wildman–Crippen MR) is 75.9 cm³/mol. The van der Waals surface area contributed by atoms with Crippen molar-refractivity contribution < 1.29 is 13.5 Å². The van der Waals surface area contributed by atoms with Gasteiger partial charge in [0.2, 0.25) is 0 Å². The molecule has 1 aliphatic rings. The van der Waals surface area contributed by atoms with Crippen LogP contribution in [-0.2, 0) is 11.2 Å². The van der Waals surface area contributed by atoms with E-state index in [2.05, 4.69) is 0 Å². The van der Waals surface area contributed by atoms with Crippen LogP contribution < -0.4 is 10.6 Å². The fourth-order valence-corrected chi connectivity index (χ4v) is 2.79. The number of piperidine rings is 1. The van der Waals surface area contributed by atoms with Crippen molar-refractivity contribution in [3.63, 3.8) is 0 Å². The molecule has 20 heavy (non-hydrogen) atoms. The Bertz CT molecular complexity index is 422. The van der Waals surface area contributed by atoms with Gasteiger partial charge >= 0.3 is 0 Å². The van der Waals surface area contributed by atoms with Gasteiger partial charge < -0.3 is 15.4 Å². The Morgan fingerprint density at radius 1 is 1.25 bits per heavy atom. The van der Waals surface area contributed by atoms with Crippen LogP contribution in [-0.4, -0.2) is 33.4 Å².